The quantitative estimate of drug-likeness (QED) is 0.439. The third kappa shape index (κ3) is 6.31. The SMILES string of the molecule is CCOC(=O)C=Cc1ccc(NC(C)CC2=CCCCC2)cc1. The second-order valence-electron chi connectivity index (χ2n) is 6.07. The highest BCUT2D eigenvalue weighted by Gasteiger charge is 2.08. The zero-order chi connectivity index (χ0) is 16.5. The Morgan fingerprint density at radius 3 is 2.74 bits per heavy atom. The second-order valence-corrected chi connectivity index (χ2v) is 6.07. The highest BCUT2D eigenvalue weighted by molar-refractivity contribution is 5.87. The Bertz CT molecular complexity index is 558. The van der Waals surface area contributed by atoms with Crippen LogP contribution in [0, 0.1) is 0 Å². The number of allylic oxidation sites excluding steroid dienone is 1. The second kappa shape index (κ2) is 9.19. The van der Waals surface area contributed by atoms with Crippen LogP contribution < -0.4 is 5.32 Å². The van der Waals surface area contributed by atoms with Crippen molar-refractivity contribution >= 4 is 17.7 Å². The maximum absolute atomic E-state index is 11.3. The first-order valence-corrected chi connectivity index (χ1v) is 8.56. The zero-order valence-electron chi connectivity index (χ0n) is 14.2. The molecule has 1 aromatic carbocycles. The van der Waals surface area contributed by atoms with E-state index in [4.69, 9.17) is 4.74 Å². The average Bonchev–Trinajstić information content (AvgIpc) is 2.55. The van der Waals surface area contributed by atoms with Gasteiger partial charge in [-0.1, -0.05) is 23.8 Å². The van der Waals surface area contributed by atoms with Crippen molar-refractivity contribution in [1.29, 1.82) is 0 Å². The Balaban J connectivity index is 1.84. The first kappa shape index (κ1) is 17.3. The zero-order valence-corrected chi connectivity index (χ0v) is 14.2. The van der Waals surface area contributed by atoms with Gasteiger partial charge in [-0.3, -0.25) is 0 Å². The Hall–Kier alpha value is -2.03. The van der Waals surface area contributed by atoms with E-state index in [1.54, 1.807) is 18.6 Å². The van der Waals surface area contributed by atoms with E-state index in [1.165, 1.54) is 31.8 Å². The summed E-state index contributed by atoms with van der Waals surface area (Å²) in [5.41, 5.74) is 3.69. The number of esters is 1. The molecular weight excluding hydrogens is 286 g/mol. The number of carbonyl (C=O) groups is 1. The molecule has 0 saturated carbocycles. The molecule has 0 radical (unpaired) electrons. The monoisotopic (exact) mass is 313 g/mol. The van der Waals surface area contributed by atoms with Gasteiger partial charge >= 0.3 is 5.97 Å². The summed E-state index contributed by atoms with van der Waals surface area (Å²) in [4.78, 5) is 11.3. The Labute approximate surface area is 139 Å². The molecule has 1 N–H and O–H groups in total. The minimum atomic E-state index is -0.302. The Morgan fingerprint density at radius 1 is 1.30 bits per heavy atom. The van der Waals surface area contributed by atoms with E-state index in [-0.39, 0.29) is 5.97 Å². The fourth-order valence-electron chi connectivity index (χ4n) is 2.86. The van der Waals surface area contributed by atoms with Crippen LogP contribution in [0.5, 0.6) is 0 Å². The molecule has 3 heteroatoms. The maximum Gasteiger partial charge on any atom is 0.330 e. The van der Waals surface area contributed by atoms with E-state index < -0.39 is 0 Å². The van der Waals surface area contributed by atoms with E-state index in [9.17, 15) is 4.79 Å². The van der Waals surface area contributed by atoms with Gasteiger partial charge in [0.1, 0.15) is 0 Å². The van der Waals surface area contributed by atoms with E-state index in [1.807, 2.05) is 12.1 Å². The topological polar surface area (TPSA) is 38.3 Å². The summed E-state index contributed by atoms with van der Waals surface area (Å²) in [5, 5.41) is 3.55. The standard InChI is InChI=1S/C20H27NO2/c1-3-23-20(22)14-11-17-9-12-19(13-10-17)21-16(2)15-18-7-5-4-6-8-18/h7,9-14,16,21H,3-6,8,15H2,1-2H3. The van der Waals surface area contributed by atoms with Gasteiger partial charge in [-0.15, -0.1) is 0 Å². The van der Waals surface area contributed by atoms with Crippen molar-refractivity contribution in [1.82, 2.24) is 0 Å². The predicted molar refractivity (Wildman–Crippen MR) is 96.4 cm³/mol. The van der Waals surface area contributed by atoms with Gasteiger partial charge < -0.3 is 10.1 Å². The van der Waals surface area contributed by atoms with Crippen LogP contribution in [0.2, 0.25) is 0 Å². The van der Waals surface area contributed by atoms with Gasteiger partial charge in [0.2, 0.25) is 0 Å². The van der Waals surface area contributed by atoms with Crippen molar-refractivity contribution < 1.29 is 9.53 Å². The molecule has 1 unspecified atom stereocenters. The van der Waals surface area contributed by atoms with Crippen LogP contribution >= 0.6 is 0 Å². The fourth-order valence-corrected chi connectivity index (χ4v) is 2.86. The Morgan fingerprint density at radius 2 is 2.09 bits per heavy atom. The molecule has 0 bridgehead atoms. The van der Waals surface area contributed by atoms with Gasteiger partial charge in [-0.2, -0.15) is 0 Å². The van der Waals surface area contributed by atoms with Gasteiger partial charge in [-0.25, -0.2) is 4.79 Å². The number of hydrogen-bond acceptors (Lipinski definition) is 3. The van der Waals surface area contributed by atoms with Gasteiger partial charge in [0.05, 0.1) is 6.61 Å². The number of ether oxygens (including phenoxy) is 1. The smallest absolute Gasteiger partial charge is 0.330 e. The largest absolute Gasteiger partial charge is 0.463 e. The molecule has 1 aromatic rings. The van der Waals surface area contributed by atoms with Gasteiger partial charge in [0.15, 0.2) is 0 Å². The van der Waals surface area contributed by atoms with E-state index in [0.29, 0.717) is 12.6 Å². The minimum absolute atomic E-state index is 0.302. The maximum atomic E-state index is 11.3. The van der Waals surface area contributed by atoms with Crippen LogP contribution in [0.15, 0.2) is 42.0 Å². The van der Waals surface area contributed by atoms with Crippen LogP contribution in [-0.2, 0) is 9.53 Å². The lowest BCUT2D eigenvalue weighted by atomic mass is 9.95. The van der Waals surface area contributed by atoms with Crippen LogP contribution in [-0.4, -0.2) is 18.6 Å². The highest BCUT2D eigenvalue weighted by Crippen LogP contribution is 2.22. The number of rotatable bonds is 7. The normalized spacial score (nSPS) is 16.0. The molecular formula is C20H27NO2. The molecule has 1 aliphatic rings. The third-order valence-corrected chi connectivity index (χ3v) is 3.98. The first-order chi connectivity index (χ1) is 11.2. The lowest BCUT2D eigenvalue weighted by Crippen LogP contribution is -2.16. The van der Waals surface area contributed by atoms with Gasteiger partial charge in [0.25, 0.3) is 0 Å². The first-order valence-electron chi connectivity index (χ1n) is 8.56. The summed E-state index contributed by atoms with van der Waals surface area (Å²) in [6.07, 6.45) is 11.9. The molecule has 124 valence electrons. The molecule has 0 saturated heterocycles. The van der Waals surface area contributed by atoms with Crippen LogP contribution in [0.25, 0.3) is 6.08 Å². The molecule has 0 aromatic heterocycles. The summed E-state index contributed by atoms with van der Waals surface area (Å²) in [6.45, 7) is 4.43. The van der Waals surface area contributed by atoms with Crippen molar-refractivity contribution in [2.24, 2.45) is 0 Å². The number of benzene rings is 1. The molecule has 2 rings (SSSR count). The summed E-state index contributed by atoms with van der Waals surface area (Å²) in [5.74, 6) is -0.302. The van der Waals surface area contributed by atoms with Gasteiger partial charge in [0, 0.05) is 17.8 Å². The van der Waals surface area contributed by atoms with Crippen molar-refractivity contribution in [3.8, 4) is 0 Å². The van der Waals surface area contributed by atoms with E-state index >= 15 is 0 Å². The van der Waals surface area contributed by atoms with Gasteiger partial charge in [-0.05, 0) is 69.7 Å². The average molecular weight is 313 g/mol. The molecule has 0 spiro atoms. The molecule has 0 amide bonds. The summed E-state index contributed by atoms with van der Waals surface area (Å²) < 4.78 is 4.87. The van der Waals surface area contributed by atoms with Crippen LogP contribution in [0.3, 0.4) is 0 Å². The minimum Gasteiger partial charge on any atom is -0.463 e. The molecule has 1 aliphatic carbocycles. The molecule has 0 heterocycles. The summed E-state index contributed by atoms with van der Waals surface area (Å²) >= 11 is 0. The summed E-state index contributed by atoms with van der Waals surface area (Å²) in [6, 6.07) is 8.54. The van der Waals surface area contributed by atoms with Crippen LogP contribution in [0.1, 0.15) is 51.5 Å². The fraction of sp³-hybridized carbons (Fsp3) is 0.450. The number of hydrogen-bond donors (Lipinski definition) is 1. The third-order valence-electron chi connectivity index (χ3n) is 3.98. The number of carbonyl (C=O) groups excluding carboxylic acids is 1. The Kier molecular flexibility index (Phi) is 6.92. The molecule has 3 nitrogen and oxygen atoms in total. The van der Waals surface area contributed by atoms with E-state index in [2.05, 4.69) is 30.4 Å². The number of anilines is 1. The molecule has 1 atom stereocenters. The van der Waals surface area contributed by atoms with Crippen molar-refractivity contribution in [2.75, 3.05) is 11.9 Å². The predicted octanol–water partition coefficient (Wildman–Crippen LogP) is 4.95. The van der Waals surface area contributed by atoms with Crippen molar-refractivity contribution in [3.63, 3.8) is 0 Å². The van der Waals surface area contributed by atoms with E-state index in [0.717, 1.165) is 17.7 Å². The summed E-state index contributed by atoms with van der Waals surface area (Å²) in [7, 11) is 0. The lowest BCUT2D eigenvalue weighted by molar-refractivity contribution is -0.137. The molecule has 23 heavy (non-hydrogen) atoms. The molecule has 0 aliphatic heterocycles. The molecule has 0 fully saturated rings. The van der Waals surface area contributed by atoms with Crippen molar-refractivity contribution in [3.05, 3.63) is 47.6 Å². The number of nitrogens with one attached hydrogen (secondary N) is 1. The highest BCUT2D eigenvalue weighted by atomic mass is 16.5. The lowest BCUT2D eigenvalue weighted by Gasteiger charge is -2.19. The van der Waals surface area contributed by atoms with Crippen molar-refractivity contribution in [2.45, 2.75) is 52.0 Å². The van der Waals surface area contributed by atoms with Crippen LogP contribution in [0.4, 0.5) is 5.69 Å².